The van der Waals surface area contributed by atoms with Crippen molar-refractivity contribution in [2.75, 3.05) is 5.32 Å². The van der Waals surface area contributed by atoms with E-state index in [1.165, 1.54) is 18.3 Å². The van der Waals surface area contributed by atoms with E-state index in [1.54, 1.807) is 11.4 Å². The highest BCUT2D eigenvalue weighted by atomic mass is 32.2. The standard InChI is InChI=1S/C19H21N3O3S2/c1-10-6-7-14-17(10)20-15-5-3-4-13(15)18(14)21-19(24)22-27(25)16-8-12(9-26-16)11(2)23/h8-10,27H,3-7H2,1-2H3,(H,20,21,24)/t10-/m1/s1. The number of amides is 2. The Balaban J connectivity index is 1.63. The monoisotopic (exact) mass is 403 g/mol. The number of hydrogen-bond donors (Lipinski definition) is 2. The molecule has 2 amide bonds. The number of aryl methyl sites for hydroxylation is 1. The van der Waals surface area contributed by atoms with Crippen molar-refractivity contribution in [3.8, 4) is 0 Å². The molecule has 142 valence electrons. The SMILES string of the molecule is CC(=O)c1csc(/[SH](=O)=N/C(=O)Nc2c3c(nc4c2CC[C@H]4C)CCC3)c1. The van der Waals surface area contributed by atoms with Crippen LogP contribution in [0, 0.1) is 0 Å². The first-order valence-electron chi connectivity index (χ1n) is 9.08. The molecule has 1 N–H and O–H groups in total. The zero-order valence-corrected chi connectivity index (χ0v) is 17.0. The normalized spacial score (nSPS) is 19.0. The number of nitrogens with zero attached hydrogens (tertiary/aromatic N) is 2. The Bertz CT molecular complexity index is 1040. The molecule has 0 bridgehead atoms. The molecule has 2 aromatic heterocycles. The number of carbonyl (C=O) groups excluding carboxylic acids is 2. The number of anilines is 1. The number of pyridine rings is 1. The van der Waals surface area contributed by atoms with Crippen molar-refractivity contribution in [2.45, 2.75) is 56.1 Å². The average molecular weight is 404 g/mol. The fraction of sp³-hybridized carbons (Fsp3) is 0.421. The second kappa shape index (κ2) is 7.16. The van der Waals surface area contributed by atoms with Crippen LogP contribution in [0.25, 0.3) is 0 Å². The zero-order chi connectivity index (χ0) is 19.1. The summed E-state index contributed by atoms with van der Waals surface area (Å²) in [5, 5.41) is 4.54. The van der Waals surface area contributed by atoms with Gasteiger partial charge in [-0.15, -0.1) is 15.7 Å². The topological polar surface area (TPSA) is 88.5 Å². The van der Waals surface area contributed by atoms with Crippen LogP contribution in [0.4, 0.5) is 10.5 Å². The van der Waals surface area contributed by atoms with Gasteiger partial charge in [-0.25, -0.2) is 9.00 Å². The van der Waals surface area contributed by atoms with Gasteiger partial charge in [0.25, 0.3) is 0 Å². The average Bonchev–Trinajstić information content (AvgIpc) is 3.34. The van der Waals surface area contributed by atoms with E-state index in [4.69, 9.17) is 4.98 Å². The van der Waals surface area contributed by atoms with E-state index in [9.17, 15) is 13.8 Å². The Morgan fingerprint density at radius 1 is 1.30 bits per heavy atom. The first-order valence-corrected chi connectivity index (χ1v) is 11.2. The first kappa shape index (κ1) is 18.3. The summed E-state index contributed by atoms with van der Waals surface area (Å²) in [6.07, 6.45) is 4.80. The van der Waals surface area contributed by atoms with Crippen molar-refractivity contribution in [1.82, 2.24) is 4.98 Å². The summed E-state index contributed by atoms with van der Waals surface area (Å²) in [4.78, 5) is 28.7. The van der Waals surface area contributed by atoms with Crippen LogP contribution in [0.1, 0.15) is 65.5 Å². The molecular formula is C19H21N3O3S2. The zero-order valence-electron chi connectivity index (χ0n) is 15.2. The molecule has 0 spiro atoms. The summed E-state index contributed by atoms with van der Waals surface area (Å²) < 4.78 is 16.7. The van der Waals surface area contributed by atoms with E-state index in [2.05, 4.69) is 16.6 Å². The van der Waals surface area contributed by atoms with Crippen molar-refractivity contribution < 1.29 is 13.8 Å². The van der Waals surface area contributed by atoms with Crippen molar-refractivity contribution in [3.05, 3.63) is 39.5 Å². The summed E-state index contributed by atoms with van der Waals surface area (Å²) in [6, 6.07) is 0.947. The second-order valence-corrected chi connectivity index (χ2v) is 9.54. The van der Waals surface area contributed by atoms with Gasteiger partial charge in [0.1, 0.15) is 0 Å². The van der Waals surface area contributed by atoms with Gasteiger partial charge in [-0.05, 0) is 62.1 Å². The molecule has 27 heavy (non-hydrogen) atoms. The number of nitrogens with one attached hydrogen (secondary N) is 1. The molecule has 2 atom stereocenters. The number of rotatable bonds is 3. The third kappa shape index (κ3) is 3.43. The van der Waals surface area contributed by atoms with Crippen LogP contribution in [-0.2, 0) is 29.9 Å². The molecule has 0 saturated heterocycles. The number of fused-ring (bicyclic) bond motifs is 2. The number of urea groups is 1. The summed E-state index contributed by atoms with van der Waals surface area (Å²) >= 11 is 1.19. The molecule has 0 saturated carbocycles. The third-order valence-electron chi connectivity index (χ3n) is 5.25. The van der Waals surface area contributed by atoms with Gasteiger partial charge in [0.2, 0.25) is 0 Å². The van der Waals surface area contributed by atoms with E-state index in [0.717, 1.165) is 60.3 Å². The molecule has 8 heteroatoms. The fourth-order valence-corrected chi connectivity index (χ4v) is 5.71. The van der Waals surface area contributed by atoms with E-state index < -0.39 is 16.6 Å². The summed E-state index contributed by atoms with van der Waals surface area (Å²) in [5.41, 5.74) is 5.71. The van der Waals surface area contributed by atoms with Crippen LogP contribution in [0.2, 0.25) is 0 Å². The Kier molecular flexibility index (Phi) is 4.86. The van der Waals surface area contributed by atoms with Crippen LogP contribution in [0.15, 0.2) is 20.0 Å². The lowest BCUT2D eigenvalue weighted by Gasteiger charge is -2.14. The minimum absolute atomic E-state index is 0.0950. The third-order valence-corrected chi connectivity index (χ3v) is 7.63. The van der Waals surface area contributed by atoms with E-state index >= 15 is 0 Å². The molecule has 6 nitrogen and oxygen atoms in total. The summed E-state index contributed by atoms with van der Waals surface area (Å²) in [5.74, 6) is 0.300. The molecule has 2 heterocycles. The molecule has 2 aliphatic rings. The van der Waals surface area contributed by atoms with Gasteiger partial charge < -0.3 is 5.32 Å². The van der Waals surface area contributed by atoms with E-state index in [0.29, 0.717) is 15.7 Å². The number of carbonyl (C=O) groups is 2. The number of thiophene rings is 1. The summed E-state index contributed by atoms with van der Waals surface area (Å²) in [6.45, 7) is 3.62. The maximum atomic E-state index is 12.5. The van der Waals surface area contributed by atoms with Crippen LogP contribution in [-0.4, -0.2) is 21.0 Å². The highest BCUT2D eigenvalue weighted by Gasteiger charge is 2.29. The van der Waals surface area contributed by atoms with Crippen molar-refractivity contribution >= 4 is 39.4 Å². The number of hydrogen-bond acceptors (Lipinski definition) is 5. The minimum Gasteiger partial charge on any atom is -0.305 e. The van der Waals surface area contributed by atoms with Crippen LogP contribution >= 0.6 is 11.3 Å². The Morgan fingerprint density at radius 3 is 2.85 bits per heavy atom. The van der Waals surface area contributed by atoms with E-state index in [-0.39, 0.29) is 5.78 Å². The van der Waals surface area contributed by atoms with Crippen molar-refractivity contribution in [1.29, 1.82) is 0 Å². The lowest BCUT2D eigenvalue weighted by Crippen LogP contribution is -2.12. The fourth-order valence-electron chi connectivity index (χ4n) is 3.83. The number of thiol groups is 1. The van der Waals surface area contributed by atoms with Crippen molar-refractivity contribution in [2.24, 2.45) is 4.36 Å². The number of aromatic nitrogens is 1. The quantitative estimate of drug-likeness (QED) is 0.595. The van der Waals surface area contributed by atoms with Crippen LogP contribution in [0.5, 0.6) is 0 Å². The van der Waals surface area contributed by atoms with Gasteiger partial charge in [0, 0.05) is 22.3 Å². The van der Waals surface area contributed by atoms with Gasteiger partial charge in [-0.1, -0.05) is 6.92 Å². The van der Waals surface area contributed by atoms with Crippen molar-refractivity contribution in [3.63, 3.8) is 0 Å². The first-order chi connectivity index (χ1) is 12.9. The minimum atomic E-state index is -2.22. The highest BCUT2D eigenvalue weighted by molar-refractivity contribution is 7.78. The Hall–Kier alpha value is -2.06. The largest absolute Gasteiger partial charge is 0.353 e. The lowest BCUT2D eigenvalue weighted by atomic mass is 10.0. The second-order valence-electron chi connectivity index (χ2n) is 7.10. The van der Waals surface area contributed by atoms with Gasteiger partial charge in [-0.2, -0.15) is 0 Å². The molecule has 0 radical (unpaired) electrons. The molecule has 0 fully saturated rings. The Labute approximate surface area is 163 Å². The Morgan fingerprint density at radius 2 is 2.11 bits per heavy atom. The number of ketones is 1. The molecule has 0 aromatic carbocycles. The van der Waals surface area contributed by atoms with E-state index in [1.807, 2.05) is 0 Å². The lowest BCUT2D eigenvalue weighted by molar-refractivity contribution is 0.101. The van der Waals surface area contributed by atoms with Gasteiger partial charge in [-0.3, -0.25) is 9.78 Å². The molecule has 2 aliphatic carbocycles. The smallest absolute Gasteiger partial charge is 0.305 e. The maximum absolute atomic E-state index is 12.5. The molecular weight excluding hydrogens is 382 g/mol. The summed E-state index contributed by atoms with van der Waals surface area (Å²) in [7, 11) is -2.22. The van der Waals surface area contributed by atoms with Crippen LogP contribution in [0.3, 0.4) is 0 Å². The maximum Gasteiger partial charge on any atom is 0.353 e. The molecule has 2 aromatic rings. The van der Waals surface area contributed by atoms with Gasteiger partial charge >= 0.3 is 6.03 Å². The predicted molar refractivity (Wildman–Crippen MR) is 107 cm³/mol. The molecule has 0 aliphatic heterocycles. The predicted octanol–water partition coefficient (Wildman–Crippen LogP) is 4.14. The van der Waals surface area contributed by atoms with Gasteiger partial charge in [0.15, 0.2) is 5.78 Å². The number of Topliss-reactive ketones (excluding diaryl/α,β-unsaturated/α-hetero) is 1. The van der Waals surface area contributed by atoms with Gasteiger partial charge in [0.05, 0.1) is 20.5 Å². The van der Waals surface area contributed by atoms with Crippen LogP contribution < -0.4 is 5.32 Å². The molecule has 1 unspecified atom stereocenters. The molecule has 4 rings (SSSR count). The highest BCUT2D eigenvalue weighted by Crippen LogP contribution is 2.41.